The lowest BCUT2D eigenvalue weighted by Crippen LogP contribution is -2.37. The molecule has 1 aliphatic heterocycles. The number of aryl methyl sites for hydroxylation is 1. The van der Waals surface area contributed by atoms with Gasteiger partial charge in [-0.15, -0.1) is 0 Å². The molecule has 0 spiro atoms. The second-order valence-corrected chi connectivity index (χ2v) is 6.73. The van der Waals surface area contributed by atoms with Gasteiger partial charge < -0.3 is 4.90 Å². The van der Waals surface area contributed by atoms with Crippen molar-refractivity contribution in [3.8, 4) is 0 Å². The van der Waals surface area contributed by atoms with Crippen LogP contribution in [-0.2, 0) is 17.4 Å². The van der Waals surface area contributed by atoms with Crippen molar-refractivity contribution in [3.63, 3.8) is 0 Å². The van der Waals surface area contributed by atoms with E-state index < -0.39 is 11.9 Å². The van der Waals surface area contributed by atoms with Crippen LogP contribution in [0.2, 0.25) is 0 Å². The highest BCUT2D eigenvalue weighted by Crippen LogP contribution is 2.32. The van der Waals surface area contributed by atoms with Gasteiger partial charge in [-0.05, 0) is 31.7 Å². The summed E-state index contributed by atoms with van der Waals surface area (Å²) in [4.78, 5) is 18.1. The van der Waals surface area contributed by atoms with Gasteiger partial charge >= 0.3 is 6.18 Å². The molecule has 0 atom stereocenters. The predicted molar refractivity (Wildman–Crippen MR) is 90.8 cm³/mol. The molecule has 0 radical (unpaired) electrons. The van der Waals surface area contributed by atoms with Gasteiger partial charge in [-0.25, -0.2) is 9.50 Å². The Morgan fingerprint density at radius 2 is 1.92 bits per heavy atom. The lowest BCUT2D eigenvalue weighted by Gasteiger charge is -2.31. The summed E-state index contributed by atoms with van der Waals surface area (Å²) in [6, 6.07) is 2.72. The van der Waals surface area contributed by atoms with Crippen LogP contribution in [0, 0.1) is 0 Å². The second kappa shape index (κ2) is 7.25. The molecular weight excluding hydrogens is 345 g/mol. The standard InChI is InChI=1S/C18H23F3N4O/c1-3-5-17(26)24-8-6-12(7-9-24)14-11-16-22-13(4-2)10-15(18(19,20)21)25(16)23-14/h10-12H,3-9H2,1-2H3. The lowest BCUT2D eigenvalue weighted by molar-refractivity contribution is -0.142. The Morgan fingerprint density at radius 3 is 2.50 bits per heavy atom. The fourth-order valence-electron chi connectivity index (χ4n) is 3.42. The minimum absolute atomic E-state index is 0.0496. The molecule has 0 N–H and O–H groups in total. The SMILES string of the molecule is CCCC(=O)N1CCC(c2cc3nc(CC)cc(C(F)(F)F)n3n2)CC1. The number of fused-ring (bicyclic) bond motifs is 1. The lowest BCUT2D eigenvalue weighted by atomic mass is 9.93. The normalized spacial score (nSPS) is 16.4. The van der Waals surface area contributed by atoms with Crippen LogP contribution in [0.3, 0.4) is 0 Å². The van der Waals surface area contributed by atoms with E-state index in [2.05, 4.69) is 10.1 Å². The maximum absolute atomic E-state index is 13.4. The molecule has 1 saturated heterocycles. The van der Waals surface area contributed by atoms with Crippen molar-refractivity contribution in [3.05, 3.63) is 29.2 Å². The van der Waals surface area contributed by atoms with E-state index in [0.717, 1.165) is 17.0 Å². The Hall–Kier alpha value is -2.12. The molecular formula is C18H23F3N4O. The number of piperidine rings is 1. The molecule has 0 aliphatic carbocycles. The Bertz CT molecular complexity index is 792. The molecule has 3 rings (SSSR count). The van der Waals surface area contributed by atoms with Crippen molar-refractivity contribution < 1.29 is 18.0 Å². The molecule has 1 amide bonds. The molecule has 3 heterocycles. The molecule has 2 aromatic heterocycles. The third-order valence-electron chi connectivity index (χ3n) is 4.88. The van der Waals surface area contributed by atoms with Crippen LogP contribution in [0.15, 0.2) is 12.1 Å². The van der Waals surface area contributed by atoms with Crippen LogP contribution >= 0.6 is 0 Å². The van der Waals surface area contributed by atoms with Gasteiger partial charge in [0.05, 0.1) is 5.69 Å². The van der Waals surface area contributed by atoms with Crippen molar-refractivity contribution >= 4 is 11.6 Å². The Labute approximate surface area is 150 Å². The van der Waals surface area contributed by atoms with E-state index in [-0.39, 0.29) is 17.5 Å². The zero-order chi connectivity index (χ0) is 18.9. The van der Waals surface area contributed by atoms with E-state index in [0.29, 0.717) is 50.2 Å². The maximum atomic E-state index is 13.4. The zero-order valence-electron chi connectivity index (χ0n) is 15.0. The first kappa shape index (κ1) is 18.7. The van der Waals surface area contributed by atoms with Gasteiger partial charge in [0.1, 0.15) is 5.69 Å². The number of nitrogens with zero attached hydrogens (tertiary/aromatic N) is 4. The van der Waals surface area contributed by atoms with Crippen molar-refractivity contribution in [2.45, 2.75) is 58.0 Å². The molecule has 0 unspecified atom stereocenters. The monoisotopic (exact) mass is 368 g/mol. The van der Waals surface area contributed by atoms with E-state index in [9.17, 15) is 18.0 Å². The first-order valence-electron chi connectivity index (χ1n) is 9.08. The second-order valence-electron chi connectivity index (χ2n) is 6.73. The first-order valence-corrected chi connectivity index (χ1v) is 9.08. The number of alkyl halides is 3. The fourth-order valence-corrected chi connectivity index (χ4v) is 3.42. The maximum Gasteiger partial charge on any atom is 0.433 e. The number of amides is 1. The highest BCUT2D eigenvalue weighted by Gasteiger charge is 2.35. The predicted octanol–water partition coefficient (Wildman–Crippen LogP) is 3.82. The van der Waals surface area contributed by atoms with Crippen molar-refractivity contribution in [1.29, 1.82) is 0 Å². The highest BCUT2D eigenvalue weighted by molar-refractivity contribution is 5.76. The summed E-state index contributed by atoms with van der Waals surface area (Å²) < 4.78 is 41.0. The molecule has 0 bridgehead atoms. The van der Waals surface area contributed by atoms with Crippen molar-refractivity contribution in [2.24, 2.45) is 0 Å². The summed E-state index contributed by atoms with van der Waals surface area (Å²) in [6.45, 7) is 4.99. The van der Waals surface area contributed by atoms with Crippen LogP contribution in [0.25, 0.3) is 5.65 Å². The minimum Gasteiger partial charge on any atom is -0.343 e. The van der Waals surface area contributed by atoms with Gasteiger partial charge in [0.2, 0.25) is 5.91 Å². The summed E-state index contributed by atoms with van der Waals surface area (Å²) in [6.07, 6.45) is -1.28. The highest BCUT2D eigenvalue weighted by atomic mass is 19.4. The van der Waals surface area contributed by atoms with Gasteiger partial charge in [-0.2, -0.15) is 18.3 Å². The third-order valence-corrected chi connectivity index (χ3v) is 4.88. The van der Waals surface area contributed by atoms with E-state index in [4.69, 9.17) is 0 Å². The third kappa shape index (κ3) is 3.68. The number of hydrogen-bond donors (Lipinski definition) is 0. The smallest absolute Gasteiger partial charge is 0.343 e. The summed E-state index contributed by atoms with van der Waals surface area (Å²) >= 11 is 0. The zero-order valence-corrected chi connectivity index (χ0v) is 15.0. The topological polar surface area (TPSA) is 50.5 Å². The molecule has 1 fully saturated rings. The quantitative estimate of drug-likeness (QED) is 0.824. The number of likely N-dealkylation sites (tertiary alicyclic amines) is 1. The van der Waals surface area contributed by atoms with E-state index in [1.54, 1.807) is 13.0 Å². The Morgan fingerprint density at radius 1 is 1.23 bits per heavy atom. The number of aromatic nitrogens is 3. The number of hydrogen-bond acceptors (Lipinski definition) is 3. The van der Waals surface area contributed by atoms with Crippen molar-refractivity contribution in [2.75, 3.05) is 13.1 Å². The Kier molecular flexibility index (Phi) is 5.20. The van der Waals surface area contributed by atoms with Crippen molar-refractivity contribution in [1.82, 2.24) is 19.5 Å². The molecule has 142 valence electrons. The van der Waals surface area contributed by atoms with Gasteiger partial charge in [-0.1, -0.05) is 13.8 Å². The van der Waals surface area contributed by atoms with Crippen LogP contribution in [0.4, 0.5) is 13.2 Å². The largest absolute Gasteiger partial charge is 0.433 e. The minimum atomic E-state index is -4.48. The van der Waals surface area contributed by atoms with Gasteiger partial charge in [-0.3, -0.25) is 4.79 Å². The van der Waals surface area contributed by atoms with E-state index >= 15 is 0 Å². The van der Waals surface area contributed by atoms with E-state index in [1.165, 1.54) is 0 Å². The van der Waals surface area contributed by atoms with Crippen LogP contribution in [0.1, 0.15) is 62.5 Å². The van der Waals surface area contributed by atoms with E-state index in [1.807, 2.05) is 11.8 Å². The number of carbonyl (C=O) groups excluding carboxylic acids is 1. The van der Waals surface area contributed by atoms with Gasteiger partial charge in [0.15, 0.2) is 5.65 Å². The van der Waals surface area contributed by atoms with Crippen LogP contribution in [0.5, 0.6) is 0 Å². The number of carbonyl (C=O) groups is 1. The number of rotatable bonds is 4. The fraction of sp³-hybridized carbons (Fsp3) is 0.611. The summed E-state index contributed by atoms with van der Waals surface area (Å²) in [7, 11) is 0. The molecule has 26 heavy (non-hydrogen) atoms. The molecule has 0 aromatic carbocycles. The molecule has 8 heteroatoms. The van der Waals surface area contributed by atoms with Crippen LogP contribution < -0.4 is 0 Å². The average molecular weight is 368 g/mol. The number of halogens is 3. The van der Waals surface area contributed by atoms with Crippen LogP contribution in [-0.4, -0.2) is 38.5 Å². The first-order chi connectivity index (χ1) is 12.3. The summed E-state index contributed by atoms with van der Waals surface area (Å²) in [5, 5.41) is 4.22. The average Bonchev–Trinajstić information content (AvgIpc) is 3.04. The summed E-state index contributed by atoms with van der Waals surface area (Å²) in [5.41, 5.74) is 0.465. The van der Waals surface area contributed by atoms with Gasteiger partial charge in [0.25, 0.3) is 0 Å². The molecule has 0 saturated carbocycles. The summed E-state index contributed by atoms with van der Waals surface area (Å²) in [5.74, 6) is 0.197. The molecule has 2 aromatic rings. The molecule has 5 nitrogen and oxygen atoms in total. The Balaban J connectivity index is 1.85. The van der Waals surface area contributed by atoms with Gasteiger partial charge in [0, 0.05) is 37.2 Å². The molecule has 1 aliphatic rings.